The molecule has 126 valence electrons. The first-order chi connectivity index (χ1) is 11.1. The highest BCUT2D eigenvalue weighted by molar-refractivity contribution is 5.84. The van der Waals surface area contributed by atoms with Gasteiger partial charge < -0.3 is 4.90 Å². The lowest BCUT2D eigenvalue weighted by atomic mass is 9.84. The van der Waals surface area contributed by atoms with Crippen LogP contribution in [0.2, 0.25) is 0 Å². The van der Waals surface area contributed by atoms with Crippen LogP contribution in [0.1, 0.15) is 44.2 Å². The molecular formula is C16H24N4O3. The average Bonchev–Trinajstić information content (AvgIpc) is 3.00. The highest BCUT2D eigenvalue weighted by Gasteiger charge is 2.42. The van der Waals surface area contributed by atoms with Crippen molar-refractivity contribution in [2.24, 2.45) is 13.0 Å². The summed E-state index contributed by atoms with van der Waals surface area (Å²) in [5.74, 6) is -0.176. The summed E-state index contributed by atoms with van der Waals surface area (Å²) in [5.41, 5.74) is 0.915. The van der Waals surface area contributed by atoms with Gasteiger partial charge in [0, 0.05) is 38.3 Å². The highest BCUT2D eigenvalue weighted by Crippen LogP contribution is 2.37. The Morgan fingerprint density at radius 2 is 2.26 bits per heavy atom. The van der Waals surface area contributed by atoms with Crippen molar-refractivity contribution in [3.63, 3.8) is 0 Å². The number of rotatable bonds is 3. The van der Waals surface area contributed by atoms with Crippen molar-refractivity contribution < 1.29 is 14.4 Å². The van der Waals surface area contributed by atoms with Crippen LogP contribution in [0.25, 0.3) is 0 Å². The van der Waals surface area contributed by atoms with Crippen LogP contribution < -0.4 is 0 Å². The second-order valence-corrected chi connectivity index (χ2v) is 6.20. The van der Waals surface area contributed by atoms with Gasteiger partial charge >= 0.3 is 0 Å². The molecule has 2 aliphatic rings. The van der Waals surface area contributed by atoms with Gasteiger partial charge in [-0.2, -0.15) is 5.10 Å². The lowest BCUT2D eigenvalue weighted by Crippen LogP contribution is -2.49. The number of carbonyl (C=O) groups is 2. The van der Waals surface area contributed by atoms with Crippen LogP contribution in [-0.4, -0.2) is 51.3 Å². The summed E-state index contributed by atoms with van der Waals surface area (Å²) < 4.78 is 1.71. The van der Waals surface area contributed by atoms with Crippen LogP contribution in [0, 0.1) is 5.92 Å². The number of hydrogen-bond donors (Lipinski definition) is 0. The largest absolute Gasteiger partial charge is 0.335 e. The van der Waals surface area contributed by atoms with E-state index < -0.39 is 0 Å². The summed E-state index contributed by atoms with van der Waals surface area (Å²) in [6.07, 6.45) is 6.57. The Morgan fingerprint density at radius 3 is 2.87 bits per heavy atom. The third-order valence-corrected chi connectivity index (χ3v) is 4.68. The fraction of sp³-hybridized carbons (Fsp3) is 0.688. The fourth-order valence-corrected chi connectivity index (χ4v) is 3.55. The minimum absolute atomic E-state index is 0.00972. The van der Waals surface area contributed by atoms with E-state index >= 15 is 0 Å². The molecule has 2 atom stereocenters. The van der Waals surface area contributed by atoms with Crippen LogP contribution in [0.4, 0.5) is 0 Å². The average molecular weight is 320 g/mol. The van der Waals surface area contributed by atoms with Gasteiger partial charge in [-0.15, -0.1) is 0 Å². The summed E-state index contributed by atoms with van der Waals surface area (Å²) in [6.45, 7) is 3.76. The van der Waals surface area contributed by atoms with Crippen molar-refractivity contribution in [2.45, 2.75) is 38.6 Å². The number of hydroxylamine groups is 2. The van der Waals surface area contributed by atoms with E-state index in [1.54, 1.807) is 15.8 Å². The third kappa shape index (κ3) is 3.10. The molecule has 2 fully saturated rings. The Kier molecular flexibility index (Phi) is 4.66. The standard InChI is InChI=1S/C16H24N4O3/c1-3-19-14(21)7-6-13(15(19)12-10-17-18(2)11-12)16(22)20-8-4-5-9-23-20/h10-11,13,15H,3-9H2,1-2H3. The van der Waals surface area contributed by atoms with E-state index in [-0.39, 0.29) is 23.8 Å². The molecule has 0 aromatic carbocycles. The summed E-state index contributed by atoms with van der Waals surface area (Å²) in [4.78, 5) is 32.6. The predicted octanol–water partition coefficient (Wildman–Crippen LogP) is 1.27. The van der Waals surface area contributed by atoms with Gasteiger partial charge in [0.2, 0.25) is 5.91 Å². The lowest BCUT2D eigenvalue weighted by Gasteiger charge is -2.41. The molecule has 0 N–H and O–H groups in total. The van der Waals surface area contributed by atoms with E-state index in [9.17, 15) is 9.59 Å². The molecule has 0 saturated carbocycles. The molecule has 23 heavy (non-hydrogen) atoms. The lowest BCUT2D eigenvalue weighted by molar-refractivity contribution is -0.204. The zero-order chi connectivity index (χ0) is 16.4. The van der Waals surface area contributed by atoms with Crippen LogP contribution in [0.15, 0.2) is 12.4 Å². The molecule has 0 radical (unpaired) electrons. The fourth-order valence-electron chi connectivity index (χ4n) is 3.55. The number of amides is 2. The van der Waals surface area contributed by atoms with Crippen molar-refractivity contribution in [1.82, 2.24) is 19.7 Å². The molecule has 2 saturated heterocycles. The molecule has 0 aliphatic carbocycles. The minimum atomic E-state index is -0.269. The summed E-state index contributed by atoms with van der Waals surface area (Å²) in [5, 5.41) is 5.72. The summed E-state index contributed by atoms with van der Waals surface area (Å²) >= 11 is 0. The van der Waals surface area contributed by atoms with Gasteiger partial charge in [-0.1, -0.05) is 0 Å². The summed E-state index contributed by atoms with van der Waals surface area (Å²) in [6, 6.07) is -0.257. The first kappa shape index (κ1) is 16.0. The molecule has 2 aliphatic heterocycles. The van der Waals surface area contributed by atoms with Gasteiger partial charge in [-0.25, -0.2) is 5.06 Å². The van der Waals surface area contributed by atoms with E-state index in [1.165, 1.54) is 5.06 Å². The Morgan fingerprint density at radius 1 is 1.43 bits per heavy atom. The normalized spacial score (nSPS) is 25.7. The van der Waals surface area contributed by atoms with Gasteiger partial charge in [0.05, 0.1) is 24.8 Å². The molecule has 1 aromatic heterocycles. The topological polar surface area (TPSA) is 67.7 Å². The molecule has 7 heteroatoms. The molecule has 1 aromatic rings. The Labute approximate surface area is 136 Å². The number of carbonyl (C=O) groups excluding carboxylic acids is 2. The zero-order valence-corrected chi connectivity index (χ0v) is 13.8. The quantitative estimate of drug-likeness (QED) is 0.841. The number of aryl methyl sites for hydroxylation is 1. The van der Waals surface area contributed by atoms with Gasteiger partial charge in [0.1, 0.15) is 0 Å². The van der Waals surface area contributed by atoms with Gasteiger partial charge in [0.25, 0.3) is 5.91 Å². The Balaban J connectivity index is 1.89. The number of nitrogens with zero attached hydrogens (tertiary/aromatic N) is 4. The third-order valence-electron chi connectivity index (χ3n) is 4.68. The van der Waals surface area contributed by atoms with E-state index in [2.05, 4.69) is 5.10 Å². The maximum absolute atomic E-state index is 12.9. The van der Waals surface area contributed by atoms with Crippen LogP contribution in [0.5, 0.6) is 0 Å². The van der Waals surface area contributed by atoms with E-state index in [0.717, 1.165) is 18.4 Å². The number of likely N-dealkylation sites (tertiary alicyclic amines) is 1. The molecule has 0 spiro atoms. The number of piperidine rings is 1. The van der Waals surface area contributed by atoms with Crippen LogP contribution in [0.3, 0.4) is 0 Å². The Hall–Kier alpha value is -1.89. The number of hydrogen-bond acceptors (Lipinski definition) is 4. The smallest absolute Gasteiger partial charge is 0.251 e. The van der Waals surface area contributed by atoms with Crippen molar-refractivity contribution >= 4 is 11.8 Å². The second kappa shape index (κ2) is 6.70. The van der Waals surface area contributed by atoms with Crippen molar-refractivity contribution in [3.05, 3.63) is 18.0 Å². The predicted molar refractivity (Wildman–Crippen MR) is 83.0 cm³/mol. The summed E-state index contributed by atoms with van der Waals surface area (Å²) in [7, 11) is 1.84. The SMILES string of the molecule is CCN1C(=O)CCC(C(=O)N2CCCCO2)C1c1cnn(C)c1. The maximum atomic E-state index is 12.9. The van der Waals surface area contributed by atoms with Crippen LogP contribution >= 0.6 is 0 Å². The monoisotopic (exact) mass is 320 g/mol. The van der Waals surface area contributed by atoms with Crippen molar-refractivity contribution in [3.8, 4) is 0 Å². The van der Waals surface area contributed by atoms with Crippen molar-refractivity contribution in [1.29, 1.82) is 0 Å². The number of aromatic nitrogens is 2. The molecule has 2 amide bonds. The van der Waals surface area contributed by atoms with Gasteiger partial charge in [0.15, 0.2) is 0 Å². The van der Waals surface area contributed by atoms with Gasteiger partial charge in [-0.3, -0.25) is 19.1 Å². The molecule has 0 bridgehead atoms. The molecule has 3 rings (SSSR count). The molecule has 3 heterocycles. The van der Waals surface area contributed by atoms with Crippen LogP contribution in [-0.2, 0) is 21.5 Å². The van der Waals surface area contributed by atoms with Gasteiger partial charge in [-0.05, 0) is 26.2 Å². The second-order valence-electron chi connectivity index (χ2n) is 6.20. The molecule has 7 nitrogen and oxygen atoms in total. The molecule has 2 unspecified atom stereocenters. The van der Waals surface area contributed by atoms with E-state index in [1.807, 2.05) is 20.2 Å². The molecular weight excluding hydrogens is 296 g/mol. The van der Waals surface area contributed by atoms with E-state index in [4.69, 9.17) is 4.84 Å². The first-order valence-corrected chi connectivity index (χ1v) is 8.34. The Bertz CT molecular complexity index is 580. The van der Waals surface area contributed by atoms with E-state index in [0.29, 0.717) is 32.5 Å². The maximum Gasteiger partial charge on any atom is 0.251 e. The zero-order valence-electron chi connectivity index (χ0n) is 13.8. The first-order valence-electron chi connectivity index (χ1n) is 8.34. The highest BCUT2D eigenvalue weighted by atomic mass is 16.7. The van der Waals surface area contributed by atoms with Crippen molar-refractivity contribution in [2.75, 3.05) is 19.7 Å². The minimum Gasteiger partial charge on any atom is -0.335 e.